The minimum atomic E-state index is -0.215. The predicted octanol–water partition coefficient (Wildman–Crippen LogP) is 4.67. The van der Waals surface area contributed by atoms with E-state index in [9.17, 15) is 9.59 Å². The summed E-state index contributed by atoms with van der Waals surface area (Å²) in [5, 5.41) is 3.04. The first-order chi connectivity index (χ1) is 13.9. The number of nitrogens with one attached hydrogen (secondary N) is 1. The maximum atomic E-state index is 13.0. The van der Waals surface area contributed by atoms with Crippen LogP contribution < -0.4 is 15.1 Å². The van der Waals surface area contributed by atoms with E-state index in [4.69, 9.17) is 0 Å². The number of carbonyl (C=O) groups excluding carboxylic acids is 2. The maximum absolute atomic E-state index is 13.0. The zero-order chi connectivity index (χ0) is 20.7. The van der Waals surface area contributed by atoms with Crippen LogP contribution in [0, 0.1) is 13.8 Å². The number of aryl methyl sites for hydroxylation is 2. The lowest BCUT2D eigenvalue weighted by Crippen LogP contribution is -2.54. The van der Waals surface area contributed by atoms with Crippen LogP contribution in [0.25, 0.3) is 0 Å². The van der Waals surface area contributed by atoms with E-state index in [1.807, 2.05) is 58.2 Å². The first-order valence-electron chi connectivity index (χ1n) is 10.5. The molecule has 1 fully saturated rings. The summed E-state index contributed by atoms with van der Waals surface area (Å²) >= 11 is 0. The molecule has 4 rings (SSSR count). The van der Waals surface area contributed by atoms with Crippen LogP contribution in [-0.4, -0.2) is 30.9 Å². The van der Waals surface area contributed by atoms with Crippen molar-refractivity contribution in [2.45, 2.75) is 58.5 Å². The maximum Gasteiger partial charge on any atom is 0.255 e. The molecular weight excluding hydrogens is 362 g/mol. The molecule has 0 saturated heterocycles. The number of likely N-dealkylation sites (N-methyl/N-ethyl adjacent to an activating group) is 1. The Morgan fingerprint density at radius 2 is 1.76 bits per heavy atom. The van der Waals surface area contributed by atoms with E-state index in [0.29, 0.717) is 11.6 Å². The summed E-state index contributed by atoms with van der Waals surface area (Å²) in [7, 11) is 1.82. The van der Waals surface area contributed by atoms with E-state index >= 15 is 0 Å². The standard InChI is InChI=1S/C24H29N3O2/c1-15-9-11-20(16(2)13-15)25-23(28)18-10-12-21-22(14-18)27(19-7-5-6-8-19)17(3)24(29)26(21)4/h9-14,17,19H,5-8H2,1-4H3,(H,25,28). The van der Waals surface area contributed by atoms with Gasteiger partial charge in [0.2, 0.25) is 5.91 Å². The quantitative estimate of drug-likeness (QED) is 0.827. The normalized spacial score (nSPS) is 19.4. The third-order valence-electron chi connectivity index (χ3n) is 6.33. The van der Waals surface area contributed by atoms with Gasteiger partial charge in [-0.05, 0) is 63.4 Å². The van der Waals surface area contributed by atoms with E-state index in [-0.39, 0.29) is 17.9 Å². The van der Waals surface area contributed by atoms with Crippen molar-refractivity contribution in [3.63, 3.8) is 0 Å². The van der Waals surface area contributed by atoms with Crippen molar-refractivity contribution in [1.82, 2.24) is 0 Å². The van der Waals surface area contributed by atoms with Crippen LogP contribution in [0.2, 0.25) is 0 Å². The fourth-order valence-electron chi connectivity index (χ4n) is 4.73. The monoisotopic (exact) mass is 391 g/mol. The van der Waals surface area contributed by atoms with E-state index in [2.05, 4.69) is 16.3 Å². The van der Waals surface area contributed by atoms with Crippen molar-refractivity contribution in [3.8, 4) is 0 Å². The Morgan fingerprint density at radius 3 is 2.45 bits per heavy atom. The van der Waals surface area contributed by atoms with Crippen molar-refractivity contribution < 1.29 is 9.59 Å². The molecule has 2 aromatic rings. The predicted molar refractivity (Wildman–Crippen MR) is 118 cm³/mol. The van der Waals surface area contributed by atoms with Gasteiger partial charge in [0, 0.05) is 24.3 Å². The molecule has 0 bridgehead atoms. The molecule has 2 aliphatic rings. The Labute approximate surface area is 172 Å². The molecule has 0 radical (unpaired) electrons. The fourth-order valence-corrected chi connectivity index (χ4v) is 4.73. The molecular formula is C24H29N3O2. The Morgan fingerprint density at radius 1 is 1.03 bits per heavy atom. The number of benzene rings is 2. The van der Waals surface area contributed by atoms with Crippen LogP contribution in [0.15, 0.2) is 36.4 Å². The van der Waals surface area contributed by atoms with Gasteiger partial charge in [-0.15, -0.1) is 0 Å². The lowest BCUT2D eigenvalue weighted by atomic mass is 10.0. The smallest absolute Gasteiger partial charge is 0.255 e. The van der Waals surface area contributed by atoms with Crippen molar-refractivity contribution in [3.05, 3.63) is 53.1 Å². The Hall–Kier alpha value is -2.82. The third kappa shape index (κ3) is 3.50. The first-order valence-corrected chi connectivity index (χ1v) is 10.5. The highest BCUT2D eigenvalue weighted by Crippen LogP contribution is 2.40. The summed E-state index contributed by atoms with van der Waals surface area (Å²) < 4.78 is 0. The number of hydrogen-bond donors (Lipinski definition) is 1. The number of nitrogens with zero attached hydrogens (tertiary/aromatic N) is 2. The van der Waals surface area contributed by atoms with E-state index in [0.717, 1.165) is 35.5 Å². The van der Waals surface area contributed by atoms with E-state index in [1.54, 1.807) is 4.90 Å². The van der Waals surface area contributed by atoms with Gasteiger partial charge in [0.15, 0.2) is 0 Å². The van der Waals surface area contributed by atoms with Gasteiger partial charge in [-0.25, -0.2) is 0 Å². The highest BCUT2D eigenvalue weighted by atomic mass is 16.2. The zero-order valence-corrected chi connectivity index (χ0v) is 17.7. The van der Waals surface area contributed by atoms with Crippen LogP contribution in [0.4, 0.5) is 17.1 Å². The van der Waals surface area contributed by atoms with Crippen molar-refractivity contribution in [1.29, 1.82) is 0 Å². The summed E-state index contributed by atoms with van der Waals surface area (Å²) in [6, 6.07) is 11.8. The van der Waals surface area contributed by atoms with Crippen LogP contribution in [0.5, 0.6) is 0 Å². The van der Waals surface area contributed by atoms with Gasteiger partial charge >= 0.3 is 0 Å². The van der Waals surface area contributed by atoms with E-state index < -0.39 is 0 Å². The van der Waals surface area contributed by atoms with Gasteiger partial charge in [0.05, 0.1) is 11.4 Å². The first kappa shape index (κ1) is 19.5. The summed E-state index contributed by atoms with van der Waals surface area (Å²) in [5.41, 5.74) is 5.52. The number of rotatable bonds is 3. The number of hydrogen-bond acceptors (Lipinski definition) is 3. The molecule has 1 heterocycles. The summed E-state index contributed by atoms with van der Waals surface area (Å²) in [4.78, 5) is 29.7. The van der Waals surface area contributed by atoms with Gasteiger partial charge < -0.3 is 15.1 Å². The Kier molecular flexibility index (Phi) is 5.07. The van der Waals surface area contributed by atoms with Crippen LogP contribution >= 0.6 is 0 Å². The van der Waals surface area contributed by atoms with Crippen LogP contribution in [-0.2, 0) is 4.79 Å². The summed E-state index contributed by atoms with van der Waals surface area (Å²) in [6.07, 6.45) is 4.58. The molecule has 1 aliphatic heterocycles. The second kappa shape index (κ2) is 7.54. The van der Waals surface area contributed by atoms with Crippen molar-refractivity contribution >= 4 is 28.9 Å². The van der Waals surface area contributed by atoms with Gasteiger partial charge in [-0.3, -0.25) is 9.59 Å². The highest BCUT2D eigenvalue weighted by molar-refractivity contribution is 6.09. The molecule has 1 unspecified atom stereocenters. The average Bonchev–Trinajstić information content (AvgIpc) is 3.22. The highest BCUT2D eigenvalue weighted by Gasteiger charge is 2.38. The van der Waals surface area contributed by atoms with Gasteiger partial charge in [0.1, 0.15) is 6.04 Å². The molecule has 2 aromatic carbocycles. The van der Waals surface area contributed by atoms with E-state index in [1.165, 1.54) is 18.4 Å². The Bertz CT molecular complexity index is 963. The molecule has 1 N–H and O–H groups in total. The third-order valence-corrected chi connectivity index (χ3v) is 6.33. The lowest BCUT2D eigenvalue weighted by molar-refractivity contribution is -0.119. The minimum absolute atomic E-state index is 0.108. The molecule has 0 spiro atoms. The lowest BCUT2D eigenvalue weighted by Gasteiger charge is -2.43. The van der Waals surface area contributed by atoms with Gasteiger partial charge in [-0.1, -0.05) is 30.5 Å². The van der Waals surface area contributed by atoms with Gasteiger partial charge in [-0.2, -0.15) is 0 Å². The Balaban J connectivity index is 1.68. The molecule has 152 valence electrons. The molecule has 0 aromatic heterocycles. The number of fused-ring (bicyclic) bond motifs is 1. The second-order valence-corrected chi connectivity index (χ2v) is 8.39. The fraction of sp³-hybridized carbons (Fsp3) is 0.417. The van der Waals surface area contributed by atoms with Crippen molar-refractivity contribution in [2.75, 3.05) is 22.2 Å². The van der Waals surface area contributed by atoms with Crippen LogP contribution in [0.3, 0.4) is 0 Å². The molecule has 5 nitrogen and oxygen atoms in total. The summed E-state index contributed by atoms with van der Waals surface area (Å²) in [6.45, 7) is 6.01. The molecule has 1 saturated carbocycles. The number of amides is 2. The SMILES string of the molecule is Cc1ccc(NC(=O)c2ccc3c(c2)N(C2CCCC2)C(C)C(=O)N3C)c(C)c1. The second-order valence-electron chi connectivity index (χ2n) is 8.39. The van der Waals surface area contributed by atoms with Gasteiger partial charge in [0.25, 0.3) is 5.91 Å². The largest absolute Gasteiger partial charge is 0.355 e. The van der Waals surface area contributed by atoms with Crippen LogP contribution in [0.1, 0.15) is 54.1 Å². The molecule has 1 atom stereocenters. The zero-order valence-electron chi connectivity index (χ0n) is 17.7. The summed E-state index contributed by atoms with van der Waals surface area (Å²) in [5.74, 6) is -0.0183. The van der Waals surface area contributed by atoms with Crippen molar-refractivity contribution in [2.24, 2.45) is 0 Å². The molecule has 1 aliphatic carbocycles. The molecule has 29 heavy (non-hydrogen) atoms. The molecule has 5 heteroatoms. The topological polar surface area (TPSA) is 52.7 Å². The minimum Gasteiger partial charge on any atom is -0.355 e. The average molecular weight is 392 g/mol. The number of carbonyl (C=O) groups is 2. The molecule has 2 amide bonds. The number of anilines is 3.